The fraction of sp³-hybridized carbons (Fsp3) is 0.632. The molecule has 1 amide bonds. The Balaban J connectivity index is 2.85. The number of aliphatic hydroxyl groups is 1. The summed E-state index contributed by atoms with van der Waals surface area (Å²) in [6, 6.07) is 3.75. The molecule has 1 rings (SSSR count). The van der Waals surface area contributed by atoms with E-state index in [1.165, 1.54) is 0 Å². The van der Waals surface area contributed by atoms with Crippen molar-refractivity contribution in [3.63, 3.8) is 0 Å². The highest BCUT2D eigenvalue weighted by Gasteiger charge is 2.16. The Bertz CT molecular complexity index is 584. The van der Waals surface area contributed by atoms with E-state index in [4.69, 9.17) is 9.47 Å². The number of carbonyl (C=O) groups excluding carboxylic acids is 1. The first-order valence-electron chi connectivity index (χ1n) is 8.93. The Kier molecular flexibility index (Phi) is 9.39. The quantitative estimate of drug-likeness (QED) is 0.531. The monoisotopic (exact) mass is 430 g/mol. The van der Waals surface area contributed by atoms with Crippen LogP contribution in [0.5, 0.6) is 11.5 Å². The zero-order chi connectivity index (χ0) is 19.7. The van der Waals surface area contributed by atoms with Crippen molar-refractivity contribution in [2.45, 2.75) is 59.2 Å². The van der Waals surface area contributed by atoms with Gasteiger partial charge in [-0.3, -0.25) is 4.79 Å². The van der Waals surface area contributed by atoms with Gasteiger partial charge in [-0.15, -0.1) is 0 Å². The van der Waals surface area contributed by atoms with Crippen LogP contribution in [0.15, 0.2) is 16.6 Å². The molecule has 0 spiro atoms. The maximum atomic E-state index is 12.0. The van der Waals surface area contributed by atoms with Crippen LogP contribution in [0.4, 0.5) is 0 Å². The molecule has 148 valence electrons. The second-order valence-corrected chi connectivity index (χ2v) is 7.93. The van der Waals surface area contributed by atoms with Crippen molar-refractivity contribution in [1.82, 2.24) is 10.6 Å². The van der Waals surface area contributed by atoms with Gasteiger partial charge < -0.3 is 25.2 Å². The van der Waals surface area contributed by atoms with Gasteiger partial charge in [0.1, 0.15) is 0 Å². The highest BCUT2D eigenvalue weighted by molar-refractivity contribution is 9.10. The van der Waals surface area contributed by atoms with Crippen molar-refractivity contribution in [2.24, 2.45) is 0 Å². The molecule has 1 aromatic carbocycles. The minimum atomic E-state index is -0.304. The summed E-state index contributed by atoms with van der Waals surface area (Å²) in [5.74, 6) is 0.921. The molecule has 0 aliphatic rings. The minimum Gasteiger partial charge on any atom is -0.490 e. The number of halogens is 1. The van der Waals surface area contributed by atoms with Crippen LogP contribution >= 0.6 is 15.9 Å². The molecule has 0 bridgehead atoms. The zero-order valence-electron chi connectivity index (χ0n) is 16.3. The number of amides is 1. The van der Waals surface area contributed by atoms with Crippen LogP contribution in [0, 0.1) is 0 Å². The van der Waals surface area contributed by atoms with E-state index in [1.54, 1.807) is 0 Å². The van der Waals surface area contributed by atoms with Crippen molar-refractivity contribution >= 4 is 21.8 Å². The standard InChI is InChI=1S/C19H31BrN2O4/c1-6-14(11-23)21-10-13-8-16(25-7-2)17(9-15(13)20)26-12-18(24)22-19(3,4)5/h8-9,14,21,23H,6-7,10-12H2,1-5H3,(H,22,24). The van der Waals surface area contributed by atoms with Crippen molar-refractivity contribution in [3.05, 3.63) is 22.2 Å². The van der Waals surface area contributed by atoms with Crippen LogP contribution in [-0.4, -0.2) is 42.4 Å². The first-order valence-corrected chi connectivity index (χ1v) is 9.72. The molecule has 1 atom stereocenters. The van der Waals surface area contributed by atoms with Gasteiger partial charge in [-0.1, -0.05) is 22.9 Å². The molecule has 6 nitrogen and oxygen atoms in total. The summed E-state index contributed by atoms with van der Waals surface area (Å²) in [5, 5.41) is 15.5. The molecule has 0 aliphatic heterocycles. The lowest BCUT2D eigenvalue weighted by Crippen LogP contribution is -2.43. The van der Waals surface area contributed by atoms with E-state index in [9.17, 15) is 9.90 Å². The summed E-state index contributed by atoms with van der Waals surface area (Å²) in [6.45, 7) is 10.8. The average molecular weight is 431 g/mol. The number of hydrogen-bond donors (Lipinski definition) is 3. The number of carbonyl (C=O) groups is 1. The summed E-state index contributed by atoms with van der Waals surface area (Å²) in [4.78, 5) is 12.0. The normalized spacial score (nSPS) is 12.6. The maximum absolute atomic E-state index is 12.0. The summed E-state index contributed by atoms with van der Waals surface area (Å²) < 4.78 is 12.2. The molecule has 7 heteroatoms. The Hall–Kier alpha value is -1.31. The number of rotatable bonds is 10. The third-order valence-corrected chi connectivity index (χ3v) is 4.32. The van der Waals surface area contributed by atoms with E-state index in [-0.39, 0.29) is 30.7 Å². The lowest BCUT2D eigenvalue weighted by atomic mass is 10.1. The largest absolute Gasteiger partial charge is 0.490 e. The molecular weight excluding hydrogens is 400 g/mol. The Morgan fingerprint density at radius 3 is 2.42 bits per heavy atom. The van der Waals surface area contributed by atoms with E-state index >= 15 is 0 Å². The average Bonchev–Trinajstić information content (AvgIpc) is 2.55. The highest BCUT2D eigenvalue weighted by Crippen LogP contribution is 2.34. The SMILES string of the molecule is CCOc1cc(CNC(CC)CO)c(Br)cc1OCC(=O)NC(C)(C)C. The van der Waals surface area contributed by atoms with Crippen molar-refractivity contribution in [2.75, 3.05) is 19.8 Å². The third-order valence-electron chi connectivity index (χ3n) is 3.58. The molecule has 0 saturated heterocycles. The van der Waals surface area contributed by atoms with Crippen molar-refractivity contribution < 1.29 is 19.4 Å². The van der Waals surface area contributed by atoms with Gasteiger partial charge in [-0.2, -0.15) is 0 Å². The van der Waals surface area contributed by atoms with Gasteiger partial charge in [0.05, 0.1) is 13.2 Å². The number of nitrogens with one attached hydrogen (secondary N) is 2. The van der Waals surface area contributed by atoms with Crippen LogP contribution in [0.25, 0.3) is 0 Å². The molecule has 1 aromatic rings. The fourth-order valence-corrected chi connectivity index (χ4v) is 2.75. The Labute approximate surface area is 164 Å². The molecule has 0 fully saturated rings. The summed E-state index contributed by atoms with van der Waals surface area (Å²) in [5.41, 5.74) is 0.689. The van der Waals surface area contributed by atoms with Gasteiger partial charge in [-0.25, -0.2) is 0 Å². The van der Waals surface area contributed by atoms with Crippen molar-refractivity contribution in [1.29, 1.82) is 0 Å². The second kappa shape index (κ2) is 10.7. The van der Waals surface area contributed by atoms with Gasteiger partial charge in [-0.05, 0) is 51.8 Å². The van der Waals surface area contributed by atoms with E-state index in [1.807, 2.05) is 46.8 Å². The number of ether oxygens (including phenoxy) is 2. The first-order chi connectivity index (χ1) is 12.2. The summed E-state index contributed by atoms with van der Waals surface area (Å²) in [6.07, 6.45) is 0.844. The van der Waals surface area contributed by atoms with E-state index in [0.717, 1.165) is 16.5 Å². The van der Waals surface area contributed by atoms with Gasteiger partial charge in [0.2, 0.25) is 0 Å². The molecular formula is C19H31BrN2O4. The minimum absolute atomic E-state index is 0.0504. The van der Waals surface area contributed by atoms with Crippen LogP contribution < -0.4 is 20.1 Å². The molecule has 0 heterocycles. The fourth-order valence-electron chi connectivity index (χ4n) is 2.28. The van der Waals surface area contributed by atoms with Crippen LogP contribution in [-0.2, 0) is 11.3 Å². The van der Waals surface area contributed by atoms with Crippen LogP contribution in [0.1, 0.15) is 46.6 Å². The summed E-state index contributed by atoms with van der Waals surface area (Å²) >= 11 is 3.54. The lowest BCUT2D eigenvalue weighted by Gasteiger charge is -2.21. The van der Waals surface area contributed by atoms with Crippen LogP contribution in [0.2, 0.25) is 0 Å². The van der Waals surface area contributed by atoms with Gasteiger partial charge in [0.15, 0.2) is 18.1 Å². The Morgan fingerprint density at radius 1 is 1.23 bits per heavy atom. The van der Waals surface area contributed by atoms with Crippen molar-refractivity contribution in [3.8, 4) is 11.5 Å². The van der Waals surface area contributed by atoms with E-state index in [2.05, 4.69) is 26.6 Å². The second-order valence-electron chi connectivity index (χ2n) is 7.08. The molecule has 0 radical (unpaired) electrons. The molecule has 0 aromatic heterocycles. The van der Waals surface area contributed by atoms with Gasteiger partial charge in [0.25, 0.3) is 5.91 Å². The molecule has 0 saturated carbocycles. The van der Waals surface area contributed by atoms with E-state index in [0.29, 0.717) is 24.7 Å². The first kappa shape index (κ1) is 22.7. The van der Waals surface area contributed by atoms with Gasteiger partial charge in [0, 0.05) is 22.6 Å². The predicted octanol–water partition coefficient (Wildman–Crippen LogP) is 3.00. The molecule has 0 aliphatic carbocycles. The summed E-state index contributed by atoms with van der Waals surface area (Å²) in [7, 11) is 0. The molecule has 1 unspecified atom stereocenters. The predicted molar refractivity (Wildman–Crippen MR) is 107 cm³/mol. The lowest BCUT2D eigenvalue weighted by molar-refractivity contribution is -0.124. The maximum Gasteiger partial charge on any atom is 0.258 e. The highest BCUT2D eigenvalue weighted by atomic mass is 79.9. The number of aliphatic hydroxyl groups excluding tert-OH is 1. The number of benzene rings is 1. The number of hydrogen-bond acceptors (Lipinski definition) is 5. The Morgan fingerprint density at radius 2 is 1.88 bits per heavy atom. The zero-order valence-corrected chi connectivity index (χ0v) is 17.9. The van der Waals surface area contributed by atoms with Gasteiger partial charge >= 0.3 is 0 Å². The topological polar surface area (TPSA) is 79.8 Å². The van der Waals surface area contributed by atoms with E-state index < -0.39 is 0 Å². The van der Waals surface area contributed by atoms with Crippen LogP contribution in [0.3, 0.4) is 0 Å². The smallest absolute Gasteiger partial charge is 0.258 e. The molecule has 26 heavy (non-hydrogen) atoms. The third kappa shape index (κ3) is 7.93. The molecule has 3 N–H and O–H groups in total.